The lowest BCUT2D eigenvalue weighted by molar-refractivity contribution is 0.487. The van der Waals surface area contributed by atoms with E-state index in [2.05, 4.69) is 254 Å². The van der Waals surface area contributed by atoms with Gasteiger partial charge in [0.25, 0.3) is 0 Å². The molecule has 0 bridgehead atoms. The topological polar surface area (TPSA) is 12.5 Å². The van der Waals surface area contributed by atoms with Crippen molar-refractivity contribution in [1.29, 1.82) is 0 Å². The quantitative estimate of drug-likeness (QED) is 0.151. The van der Waals surface area contributed by atoms with Crippen LogP contribution in [0.15, 0.2) is 249 Å². The van der Waals surface area contributed by atoms with E-state index >= 15 is 0 Å². The van der Waals surface area contributed by atoms with Gasteiger partial charge in [0.2, 0.25) is 0 Å². The minimum Gasteiger partial charge on any atom is -0.456 e. The smallest absolute Gasteiger partial charge is 0.135 e. The fourth-order valence-corrected chi connectivity index (χ4v) is 9.48. The van der Waals surface area contributed by atoms with Gasteiger partial charge in [0, 0.05) is 27.9 Å². The number of nitrogens with zero attached hydrogens (tertiary/aromatic N) is 1. The van der Waals surface area contributed by atoms with Crippen molar-refractivity contribution in [2.45, 2.75) is 0 Å². The molecule has 0 aliphatic carbocycles. The maximum atomic E-state index is 6.52. The molecule has 12 rings (SSSR count). The van der Waals surface area contributed by atoms with Crippen LogP contribution in [0.25, 0.3) is 88.3 Å². The van der Waals surface area contributed by atoms with Gasteiger partial charge in [-0.15, -0.1) is 0 Å². The maximum absolute atomic E-state index is 6.52. The number of anilines is 3. The molecular formula is C62H41NO. The molecule has 0 unspecified atom stereocenters. The molecule has 0 saturated carbocycles. The van der Waals surface area contributed by atoms with E-state index in [1.54, 1.807) is 0 Å². The summed E-state index contributed by atoms with van der Waals surface area (Å²) in [6.45, 7) is 0. The summed E-state index contributed by atoms with van der Waals surface area (Å²) in [4.78, 5) is 2.39. The van der Waals surface area contributed by atoms with E-state index < -0.39 is 0 Å². The fraction of sp³-hybridized carbons (Fsp3) is 0. The van der Waals surface area contributed by atoms with E-state index in [1.165, 1.54) is 66.2 Å². The molecule has 1 heterocycles. The highest BCUT2D eigenvalue weighted by Gasteiger charge is 2.23. The Morgan fingerprint density at radius 1 is 0.266 bits per heavy atom. The van der Waals surface area contributed by atoms with E-state index in [4.69, 9.17) is 4.74 Å². The third kappa shape index (κ3) is 6.70. The van der Waals surface area contributed by atoms with E-state index in [-0.39, 0.29) is 0 Å². The standard InChI is InChI=1S/C62H41NO/c1-2-11-42(12-3-1)43-23-25-44(26-24-43)46-31-36-52(37-32-46)63(53-38-33-47(34-39-53)45-27-29-49(30-28-45)55-19-8-14-48-13-4-5-17-54(48)55)59-21-7-6-18-56(59)51-35-40-60-58(41-51)57-20-9-15-50-16-10-22-61(64-60)62(50)57/h1-41H. The Balaban J connectivity index is 0.927. The van der Waals surface area contributed by atoms with Gasteiger partial charge in [-0.3, -0.25) is 0 Å². The summed E-state index contributed by atoms with van der Waals surface area (Å²) in [5.41, 5.74) is 17.4. The maximum Gasteiger partial charge on any atom is 0.135 e. The van der Waals surface area contributed by atoms with Crippen LogP contribution in [0.5, 0.6) is 11.5 Å². The summed E-state index contributed by atoms with van der Waals surface area (Å²) >= 11 is 0. The van der Waals surface area contributed by atoms with Gasteiger partial charge in [0.15, 0.2) is 0 Å². The number of para-hydroxylation sites is 1. The van der Waals surface area contributed by atoms with E-state index in [9.17, 15) is 0 Å². The minimum absolute atomic E-state index is 0.873. The number of benzene rings is 11. The molecule has 0 saturated heterocycles. The van der Waals surface area contributed by atoms with Gasteiger partial charge < -0.3 is 9.64 Å². The van der Waals surface area contributed by atoms with Crippen LogP contribution in [0.1, 0.15) is 0 Å². The van der Waals surface area contributed by atoms with Crippen molar-refractivity contribution in [2.24, 2.45) is 0 Å². The first-order valence-electron chi connectivity index (χ1n) is 21.9. The number of rotatable bonds is 8. The highest BCUT2D eigenvalue weighted by Crippen LogP contribution is 2.49. The first-order valence-corrected chi connectivity index (χ1v) is 21.9. The normalized spacial score (nSPS) is 11.6. The van der Waals surface area contributed by atoms with Gasteiger partial charge in [-0.2, -0.15) is 0 Å². The Morgan fingerprint density at radius 2 is 0.734 bits per heavy atom. The zero-order valence-electron chi connectivity index (χ0n) is 35.0. The molecule has 300 valence electrons. The molecule has 0 spiro atoms. The number of hydrogen-bond acceptors (Lipinski definition) is 2. The summed E-state index contributed by atoms with van der Waals surface area (Å²) in [7, 11) is 0. The Kier molecular flexibility index (Phi) is 9.20. The zero-order valence-corrected chi connectivity index (χ0v) is 35.0. The SMILES string of the molecule is c1ccc(-c2ccc(-c3ccc(N(c4ccc(-c5ccc(-c6cccc7ccccc67)cc5)cc4)c4ccccc4-c4ccc5c(c4)-c4cccc6cccc(c46)O5)cc3)cc2)cc1. The second-order valence-corrected chi connectivity index (χ2v) is 16.5. The Morgan fingerprint density at radius 3 is 1.41 bits per heavy atom. The van der Waals surface area contributed by atoms with Gasteiger partial charge >= 0.3 is 0 Å². The van der Waals surface area contributed by atoms with E-state index in [0.717, 1.165) is 50.6 Å². The van der Waals surface area contributed by atoms with Crippen LogP contribution in [-0.4, -0.2) is 0 Å². The monoisotopic (exact) mass is 815 g/mol. The zero-order chi connectivity index (χ0) is 42.4. The van der Waals surface area contributed by atoms with Crippen LogP contribution < -0.4 is 9.64 Å². The summed E-state index contributed by atoms with van der Waals surface area (Å²) < 4.78 is 6.52. The molecule has 0 amide bonds. The van der Waals surface area contributed by atoms with Crippen molar-refractivity contribution in [3.05, 3.63) is 249 Å². The Hall–Kier alpha value is -8.46. The van der Waals surface area contributed by atoms with Crippen molar-refractivity contribution in [3.63, 3.8) is 0 Å². The van der Waals surface area contributed by atoms with Crippen LogP contribution in [0.2, 0.25) is 0 Å². The summed E-state index contributed by atoms with van der Waals surface area (Å²) in [5, 5.41) is 4.85. The lowest BCUT2D eigenvalue weighted by atomic mass is 9.91. The number of fused-ring (bicyclic) bond motifs is 3. The molecule has 11 aromatic carbocycles. The van der Waals surface area contributed by atoms with Crippen molar-refractivity contribution in [3.8, 4) is 78.3 Å². The molecule has 1 aliphatic rings. The molecule has 0 radical (unpaired) electrons. The average Bonchev–Trinajstić information content (AvgIpc) is 3.37. The summed E-state index contributed by atoms with van der Waals surface area (Å²) in [6, 6.07) is 89.6. The van der Waals surface area contributed by atoms with Crippen LogP contribution >= 0.6 is 0 Å². The predicted octanol–water partition coefficient (Wildman–Crippen LogP) is 17.6. The molecule has 2 heteroatoms. The minimum atomic E-state index is 0.873. The van der Waals surface area contributed by atoms with Crippen LogP contribution in [-0.2, 0) is 0 Å². The molecule has 11 aromatic rings. The average molecular weight is 816 g/mol. The lowest BCUT2D eigenvalue weighted by Crippen LogP contribution is -2.11. The molecule has 0 fully saturated rings. The van der Waals surface area contributed by atoms with Crippen LogP contribution in [0, 0.1) is 0 Å². The lowest BCUT2D eigenvalue weighted by Gasteiger charge is -2.29. The second-order valence-electron chi connectivity index (χ2n) is 16.5. The highest BCUT2D eigenvalue weighted by atomic mass is 16.5. The summed E-state index contributed by atoms with van der Waals surface area (Å²) in [5.74, 6) is 1.78. The molecular weight excluding hydrogens is 775 g/mol. The molecule has 64 heavy (non-hydrogen) atoms. The molecule has 0 aromatic heterocycles. The number of hydrogen-bond donors (Lipinski definition) is 0. The number of ether oxygens (including phenoxy) is 1. The first-order chi connectivity index (χ1) is 31.7. The fourth-order valence-electron chi connectivity index (χ4n) is 9.48. The van der Waals surface area contributed by atoms with Crippen LogP contribution in [0.4, 0.5) is 17.1 Å². The third-order valence-electron chi connectivity index (χ3n) is 12.7. The van der Waals surface area contributed by atoms with Crippen molar-refractivity contribution >= 4 is 38.6 Å². The molecule has 0 N–H and O–H groups in total. The summed E-state index contributed by atoms with van der Waals surface area (Å²) in [6.07, 6.45) is 0. The van der Waals surface area contributed by atoms with Gasteiger partial charge in [-0.05, 0) is 120 Å². The van der Waals surface area contributed by atoms with Crippen molar-refractivity contribution < 1.29 is 4.74 Å². The molecule has 2 nitrogen and oxygen atoms in total. The van der Waals surface area contributed by atoms with Gasteiger partial charge in [0.05, 0.1) is 5.69 Å². The van der Waals surface area contributed by atoms with Crippen molar-refractivity contribution in [2.75, 3.05) is 4.90 Å². The Bertz CT molecular complexity index is 3470. The first kappa shape index (κ1) is 37.3. The Labute approximate surface area is 373 Å². The largest absolute Gasteiger partial charge is 0.456 e. The van der Waals surface area contributed by atoms with Gasteiger partial charge in [0.1, 0.15) is 11.5 Å². The highest BCUT2D eigenvalue weighted by molar-refractivity contribution is 6.05. The van der Waals surface area contributed by atoms with E-state index in [0.29, 0.717) is 0 Å². The van der Waals surface area contributed by atoms with E-state index in [1.807, 2.05) is 0 Å². The van der Waals surface area contributed by atoms with Gasteiger partial charge in [-0.25, -0.2) is 0 Å². The molecule has 1 aliphatic heterocycles. The predicted molar refractivity (Wildman–Crippen MR) is 269 cm³/mol. The van der Waals surface area contributed by atoms with Crippen LogP contribution in [0.3, 0.4) is 0 Å². The third-order valence-corrected chi connectivity index (χ3v) is 12.7. The van der Waals surface area contributed by atoms with Gasteiger partial charge in [-0.1, -0.05) is 200 Å². The molecule has 0 atom stereocenters. The van der Waals surface area contributed by atoms with Crippen molar-refractivity contribution in [1.82, 2.24) is 0 Å². The second kappa shape index (κ2) is 15.8.